The summed E-state index contributed by atoms with van der Waals surface area (Å²) in [4.78, 5) is 0. The highest BCUT2D eigenvalue weighted by Gasteiger charge is 2.48. The SMILES string of the molecule is CC1C(C)(C)NC1(C)C. The Morgan fingerprint density at radius 1 is 1.00 bits per heavy atom. The summed E-state index contributed by atoms with van der Waals surface area (Å²) in [6, 6.07) is 0. The van der Waals surface area contributed by atoms with Crippen molar-refractivity contribution < 1.29 is 0 Å². The van der Waals surface area contributed by atoms with E-state index >= 15 is 0 Å². The summed E-state index contributed by atoms with van der Waals surface area (Å²) in [5.41, 5.74) is 0.729. The molecule has 0 unspecified atom stereocenters. The van der Waals surface area contributed by atoms with Crippen molar-refractivity contribution in [2.45, 2.75) is 45.7 Å². The lowest BCUT2D eigenvalue weighted by atomic mass is 9.66. The van der Waals surface area contributed by atoms with Gasteiger partial charge in [-0.05, 0) is 33.6 Å². The molecule has 1 heteroatoms. The molecule has 1 rings (SSSR count). The van der Waals surface area contributed by atoms with Gasteiger partial charge in [0.2, 0.25) is 0 Å². The predicted octanol–water partition coefficient (Wildman–Crippen LogP) is 1.78. The van der Waals surface area contributed by atoms with E-state index in [1.165, 1.54) is 0 Å². The Balaban J connectivity index is 2.62. The fraction of sp³-hybridized carbons (Fsp3) is 1.00. The molecule has 0 radical (unpaired) electrons. The van der Waals surface area contributed by atoms with Crippen LogP contribution in [-0.4, -0.2) is 11.1 Å². The van der Waals surface area contributed by atoms with E-state index in [0.717, 1.165) is 5.92 Å². The van der Waals surface area contributed by atoms with Crippen LogP contribution in [0.15, 0.2) is 0 Å². The van der Waals surface area contributed by atoms with E-state index < -0.39 is 0 Å². The summed E-state index contributed by atoms with van der Waals surface area (Å²) in [5.74, 6) is 0.782. The fourth-order valence-electron chi connectivity index (χ4n) is 1.87. The van der Waals surface area contributed by atoms with Crippen LogP contribution < -0.4 is 5.32 Å². The van der Waals surface area contributed by atoms with E-state index in [4.69, 9.17) is 0 Å². The first-order valence-corrected chi connectivity index (χ1v) is 3.65. The van der Waals surface area contributed by atoms with Gasteiger partial charge >= 0.3 is 0 Å². The van der Waals surface area contributed by atoms with Gasteiger partial charge in [0.05, 0.1) is 0 Å². The van der Waals surface area contributed by atoms with Gasteiger partial charge < -0.3 is 5.32 Å². The highest BCUT2D eigenvalue weighted by Crippen LogP contribution is 2.38. The van der Waals surface area contributed by atoms with Gasteiger partial charge in [-0.2, -0.15) is 0 Å². The quantitative estimate of drug-likeness (QED) is 0.523. The van der Waals surface area contributed by atoms with Crippen LogP contribution >= 0.6 is 0 Å². The smallest absolute Gasteiger partial charge is 0.0173 e. The van der Waals surface area contributed by atoms with Crippen LogP contribution in [0.5, 0.6) is 0 Å². The predicted molar refractivity (Wildman–Crippen MR) is 40.5 cm³/mol. The molecule has 1 fully saturated rings. The van der Waals surface area contributed by atoms with Gasteiger partial charge in [0.1, 0.15) is 0 Å². The molecule has 0 atom stereocenters. The third-order valence-corrected chi connectivity index (χ3v) is 2.81. The fourth-order valence-corrected chi connectivity index (χ4v) is 1.87. The van der Waals surface area contributed by atoms with Crippen molar-refractivity contribution in [1.29, 1.82) is 0 Å². The van der Waals surface area contributed by atoms with E-state index in [2.05, 4.69) is 39.9 Å². The van der Waals surface area contributed by atoms with Gasteiger partial charge in [0.15, 0.2) is 0 Å². The van der Waals surface area contributed by atoms with Crippen molar-refractivity contribution in [1.82, 2.24) is 5.32 Å². The molecule has 54 valence electrons. The lowest BCUT2D eigenvalue weighted by molar-refractivity contribution is 0.0139. The van der Waals surface area contributed by atoms with Crippen LogP contribution in [-0.2, 0) is 0 Å². The van der Waals surface area contributed by atoms with Crippen molar-refractivity contribution in [2.24, 2.45) is 5.92 Å². The number of hydrogen-bond acceptors (Lipinski definition) is 1. The zero-order chi connectivity index (χ0) is 7.28. The van der Waals surface area contributed by atoms with Crippen LogP contribution in [0.1, 0.15) is 34.6 Å². The molecule has 1 heterocycles. The van der Waals surface area contributed by atoms with Crippen molar-refractivity contribution in [3.05, 3.63) is 0 Å². The molecule has 1 saturated heterocycles. The van der Waals surface area contributed by atoms with E-state index in [9.17, 15) is 0 Å². The second kappa shape index (κ2) is 1.51. The van der Waals surface area contributed by atoms with Crippen LogP contribution in [0.2, 0.25) is 0 Å². The van der Waals surface area contributed by atoms with Crippen LogP contribution in [0.4, 0.5) is 0 Å². The molecule has 1 aliphatic rings. The van der Waals surface area contributed by atoms with Crippen LogP contribution in [0.25, 0.3) is 0 Å². The summed E-state index contributed by atoms with van der Waals surface area (Å²) in [7, 11) is 0. The van der Waals surface area contributed by atoms with Crippen molar-refractivity contribution in [2.75, 3.05) is 0 Å². The highest BCUT2D eigenvalue weighted by molar-refractivity contribution is 5.08. The minimum atomic E-state index is 0.365. The molecule has 0 aromatic rings. The topological polar surface area (TPSA) is 12.0 Å². The van der Waals surface area contributed by atoms with Gasteiger partial charge in [-0.15, -0.1) is 0 Å². The third-order valence-electron chi connectivity index (χ3n) is 2.81. The molecule has 1 N–H and O–H groups in total. The van der Waals surface area contributed by atoms with E-state index in [0.29, 0.717) is 11.1 Å². The molecule has 1 aliphatic heterocycles. The molecule has 0 aromatic heterocycles. The van der Waals surface area contributed by atoms with E-state index in [1.54, 1.807) is 0 Å². The van der Waals surface area contributed by atoms with Gasteiger partial charge in [-0.1, -0.05) is 6.92 Å². The molecule has 0 aromatic carbocycles. The Morgan fingerprint density at radius 3 is 1.33 bits per heavy atom. The molecular formula is C8H17N. The molecule has 0 spiro atoms. The minimum absolute atomic E-state index is 0.365. The maximum atomic E-state index is 3.51. The molecule has 0 saturated carbocycles. The standard InChI is InChI=1S/C8H17N/c1-6-7(2,3)9-8(6,4)5/h6,9H,1-5H3. The van der Waals surface area contributed by atoms with Crippen molar-refractivity contribution >= 4 is 0 Å². The Labute approximate surface area is 57.8 Å². The van der Waals surface area contributed by atoms with E-state index in [-0.39, 0.29) is 0 Å². The lowest BCUT2D eigenvalue weighted by Crippen LogP contribution is -2.73. The van der Waals surface area contributed by atoms with Crippen molar-refractivity contribution in [3.63, 3.8) is 0 Å². The highest BCUT2D eigenvalue weighted by atomic mass is 15.1. The van der Waals surface area contributed by atoms with Gasteiger partial charge in [-0.25, -0.2) is 0 Å². The van der Waals surface area contributed by atoms with Gasteiger partial charge in [-0.3, -0.25) is 0 Å². The maximum absolute atomic E-state index is 3.51. The first-order valence-electron chi connectivity index (χ1n) is 3.65. The summed E-state index contributed by atoms with van der Waals surface area (Å²) in [6.45, 7) is 11.3. The van der Waals surface area contributed by atoms with Gasteiger partial charge in [0, 0.05) is 11.1 Å². The molecule has 0 aliphatic carbocycles. The number of hydrogen-bond donors (Lipinski definition) is 1. The Bertz CT molecular complexity index is 111. The Morgan fingerprint density at radius 2 is 1.33 bits per heavy atom. The summed E-state index contributed by atoms with van der Waals surface area (Å²) < 4.78 is 0. The number of nitrogens with one attached hydrogen (secondary N) is 1. The van der Waals surface area contributed by atoms with Crippen LogP contribution in [0, 0.1) is 5.92 Å². The van der Waals surface area contributed by atoms with Gasteiger partial charge in [0.25, 0.3) is 0 Å². The number of rotatable bonds is 0. The Hall–Kier alpha value is -0.0400. The van der Waals surface area contributed by atoms with Crippen molar-refractivity contribution in [3.8, 4) is 0 Å². The lowest BCUT2D eigenvalue weighted by Gasteiger charge is -2.57. The third kappa shape index (κ3) is 0.877. The second-order valence-corrected chi connectivity index (χ2v) is 4.29. The molecule has 0 bridgehead atoms. The van der Waals surface area contributed by atoms with E-state index in [1.807, 2.05) is 0 Å². The minimum Gasteiger partial charge on any atom is -0.306 e. The zero-order valence-electron chi connectivity index (χ0n) is 7.08. The zero-order valence-corrected chi connectivity index (χ0v) is 7.08. The summed E-state index contributed by atoms with van der Waals surface area (Å²) in [6.07, 6.45) is 0. The Kier molecular flexibility index (Phi) is 1.19. The molecule has 9 heavy (non-hydrogen) atoms. The summed E-state index contributed by atoms with van der Waals surface area (Å²) >= 11 is 0. The van der Waals surface area contributed by atoms with Crippen LogP contribution in [0.3, 0.4) is 0 Å². The molecule has 1 nitrogen and oxygen atoms in total. The average Bonchev–Trinajstić information content (AvgIpc) is 1.63. The first kappa shape index (κ1) is 7.07. The second-order valence-electron chi connectivity index (χ2n) is 4.29. The normalized spacial score (nSPS) is 31.7. The first-order chi connectivity index (χ1) is 3.86. The molecule has 0 amide bonds. The maximum Gasteiger partial charge on any atom is 0.0173 e. The molecular weight excluding hydrogens is 110 g/mol. The largest absolute Gasteiger partial charge is 0.306 e. The monoisotopic (exact) mass is 127 g/mol. The summed E-state index contributed by atoms with van der Waals surface area (Å²) in [5, 5.41) is 3.51. The average molecular weight is 127 g/mol.